The number of likely N-dealkylation sites (N-methyl/N-ethyl adjacent to an activating group) is 2. The van der Waals surface area contributed by atoms with Crippen LogP contribution in [0.1, 0.15) is 19.8 Å². The molecular weight excluding hydrogens is 186 g/mol. The Labute approximate surface area is 94.8 Å². The number of hydrogen-bond donors (Lipinski definition) is 1. The molecule has 3 heteroatoms. The van der Waals surface area contributed by atoms with E-state index in [0.29, 0.717) is 6.04 Å². The normalized spacial score (nSPS) is 22.2. The third kappa shape index (κ3) is 4.96. The molecule has 1 heterocycles. The van der Waals surface area contributed by atoms with Gasteiger partial charge in [0.1, 0.15) is 0 Å². The fraction of sp³-hybridized carbons (Fsp3) is 1.00. The van der Waals surface area contributed by atoms with Crippen molar-refractivity contribution < 1.29 is 0 Å². The Morgan fingerprint density at radius 3 is 2.53 bits per heavy atom. The first-order valence-corrected chi connectivity index (χ1v) is 6.16. The van der Waals surface area contributed by atoms with Gasteiger partial charge in [0.25, 0.3) is 0 Å². The summed E-state index contributed by atoms with van der Waals surface area (Å²) in [5, 5.41) is 3.29. The third-order valence-electron chi connectivity index (χ3n) is 3.49. The fourth-order valence-electron chi connectivity index (χ4n) is 2.32. The maximum absolute atomic E-state index is 3.29. The van der Waals surface area contributed by atoms with Gasteiger partial charge in [0.15, 0.2) is 0 Å². The molecular formula is C12H27N3. The van der Waals surface area contributed by atoms with E-state index in [1.165, 1.54) is 32.5 Å². The number of hydrogen-bond acceptors (Lipinski definition) is 3. The van der Waals surface area contributed by atoms with Gasteiger partial charge in [-0.2, -0.15) is 0 Å². The molecule has 0 amide bonds. The summed E-state index contributed by atoms with van der Waals surface area (Å²) in [6, 6.07) is 0.598. The van der Waals surface area contributed by atoms with Gasteiger partial charge >= 0.3 is 0 Å². The first-order chi connectivity index (χ1) is 7.11. The standard InChI is InChI=1S/C12H27N3/c1-11(13-2)9-15(4)10-12-5-7-14(3)8-6-12/h11-13H,5-10H2,1-4H3. The summed E-state index contributed by atoms with van der Waals surface area (Å²) in [6.07, 6.45) is 2.74. The van der Waals surface area contributed by atoms with Crippen molar-refractivity contribution in [1.29, 1.82) is 0 Å². The van der Waals surface area contributed by atoms with Gasteiger partial charge in [-0.25, -0.2) is 0 Å². The Morgan fingerprint density at radius 2 is 2.00 bits per heavy atom. The Kier molecular flexibility index (Phi) is 5.58. The van der Waals surface area contributed by atoms with Crippen LogP contribution in [-0.4, -0.2) is 63.2 Å². The summed E-state index contributed by atoms with van der Waals surface area (Å²) in [5.74, 6) is 0.912. The van der Waals surface area contributed by atoms with Gasteiger partial charge in [0.2, 0.25) is 0 Å². The second-order valence-corrected chi connectivity index (χ2v) is 5.16. The number of piperidine rings is 1. The molecule has 0 aromatic rings. The lowest BCUT2D eigenvalue weighted by atomic mass is 9.96. The third-order valence-corrected chi connectivity index (χ3v) is 3.49. The highest BCUT2D eigenvalue weighted by Gasteiger charge is 2.18. The lowest BCUT2D eigenvalue weighted by Crippen LogP contribution is -2.40. The molecule has 1 aliphatic heterocycles. The largest absolute Gasteiger partial charge is 0.316 e. The molecule has 0 aliphatic carbocycles. The molecule has 0 aromatic carbocycles. The van der Waals surface area contributed by atoms with Crippen molar-refractivity contribution in [2.24, 2.45) is 5.92 Å². The van der Waals surface area contributed by atoms with E-state index in [2.05, 4.69) is 36.1 Å². The average molecular weight is 213 g/mol. The van der Waals surface area contributed by atoms with E-state index in [1.807, 2.05) is 7.05 Å². The zero-order valence-electron chi connectivity index (χ0n) is 10.8. The first kappa shape index (κ1) is 12.9. The maximum Gasteiger partial charge on any atom is 0.0163 e. The minimum absolute atomic E-state index is 0.598. The van der Waals surface area contributed by atoms with Gasteiger partial charge in [-0.3, -0.25) is 0 Å². The van der Waals surface area contributed by atoms with Gasteiger partial charge in [-0.05, 0) is 59.9 Å². The summed E-state index contributed by atoms with van der Waals surface area (Å²) < 4.78 is 0. The maximum atomic E-state index is 3.29. The van der Waals surface area contributed by atoms with E-state index < -0.39 is 0 Å². The van der Waals surface area contributed by atoms with Crippen LogP contribution in [0, 0.1) is 5.92 Å². The zero-order valence-corrected chi connectivity index (χ0v) is 10.8. The van der Waals surface area contributed by atoms with E-state index in [1.54, 1.807) is 0 Å². The van der Waals surface area contributed by atoms with Crippen LogP contribution in [0.2, 0.25) is 0 Å². The van der Waals surface area contributed by atoms with Crippen molar-refractivity contribution in [3.63, 3.8) is 0 Å². The molecule has 3 nitrogen and oxygen atoms in total. The van der Waals surface area contributed by atoms with Crippen LogP contribution >= 0.6 is 0 Å². The quantitative estimate of drug-likeness (QED) is 0.731. The molecule has 0 spiro atoms. The SMILES string of the molecule is CNC(C)CN(C)CC1CCN(C)CC1. The van der Waals surface area contributed by atoms with Crippen LogP contribution in [-0.2, 0) is 0 Å². The second-order valence-electron chi connectivity index (χ2n) is 5.16. The van der Waals surface area contributed by atoms with Crippen LogP contribution in [0.15, 0.2) is 0 Å². The van der Waals surface area contributed by atoms with Gasteiger partial charge in [-0.15, -0.1) is 0 Å². The van der Waals surface area contributed by atoms with Crippen molar-refractivity contribution in [1.82, 2.24) is 15.1 Å². The molecule has 1 rings (SSSR count). The van der Waals surface area contributed by atoms with Crippen LogP contribution in [0.5, 0.6) is 0 Å². The lowest BCUT2D eigenvalue weighted by molar-refractivity contribution is 0.171. The number of nitrogens with one attached hydrogen (secondary N) is 1. The Balaban J connectivity index is 2.17. The molecule has 0 aromatic heterocycles. The van der Waals surface area contributed by atoms with E-state index in [0.717, 1.165) is 12.5 Å². The molecule has 0 radical (unpaired) electrons. The van der Waals surface area contributed by atoms with Gasteiger partial charge in [0, 0.05) is 19.1 Å². The molecule has 1 aliphatic rings. The highest BCUT2D eigenvalue weighted by molar-refractivity contribution is 4.73. The topological polar surface area (TPSA) is 18.5 Å². The summed E-state index contributed by atoms with van der Waals surface area (Å²) in [5.41, 5.74) is 0. The zero-order chi connectivity index (χ0) is 11.3. The highest BCUT2D eigenvalue weighted by atomic mass is 15.1. The molecule has 1 atom stereocenters. The van der Waals surface area contributed by atoms with Crippen LogP contribution in [0.3, 0.4) is 0 Å². The Hall–Kier alpha value is -0.120. The summed E-state index contributed by atoms with van der Waals surface area (Å²) in [4.78, 5) is 4.91. The smallest absolute Gasteiger partial charge is 0.0163 e. The summed E-state index contributed by atoms with van der Waals surface area (Å²) >= 11 is 0. The van der Waals surface area contributed by atoms with Crippen molar-refractivity contribution in [2.75, 3.05) is 47.3 Å². The molecule has 90 valence electrons. The molecule has 0 bridgehead atoms. The minimum atomic E-state index is 0.598. The highest BCUT2D eigenvalue weighted by Crippen LogP contribution is 2.16. The molecule has 0 saturated carbocycles. The van der Waals surface area contributed by atoms with E-state index in [-0.39, 0.29) is 0 Å². The lowest BCUT2D eigenvalue weighted by Gasteiger charge is -2.32. The number of nitrogens with zero attached hydrogens (tertiary/aromatic N) is 2. The molecule has 1 unspecified atom stereocenters. The molecule has 1 N–H and O–H groups in total. The number of rotatable bonds is 5. The summed E-state index contributed by atoms with van der Waals surface area (Å²) in [6.45, 7) is 7.22. The Bertz CT molecular complexity index is 164. The summed E-state index contributed by atoms with van der Waals surface area (Å²) in [7, 11) is 6.50. The van der Waals surface area contributed by atoms with Crippen LogP contribution < -0.4 is 5.32 Å². The van der Waals surface area contributed by atoms with Crippen molar-refractivity contribution in [3.8, 4) is 0 Å². The monoisotopic (exact) mass is 213 g/mol. The van der Waals surface area contributed by atoms with Gasteiger partial charge in [-0.1, -0.05) is 0 Å². The first-order valence-electron chi connectivity index (χ1n) is 6.16. The van der Waals surface area contributed by atoms with Crippen molar-refractivity contribution in [2.45, 2.75) is 25.8 Å². The van der Waals surface area contributed by atoms with E-state index in [4.69, 9.17) is 0 Å². The second kappa shape index (κ2) is 6.46. The van der Waals surface area contributed by atoms with Gasteiger partial charge < -0.3 is 15.1 Å². The van der Waals surface area contributed by atoms with Crippen LogP contribution in [0.25, 0.3) is 0 Å². The van der Waals surface area contributed by atoms with Crippen molar-refractivity contribution >= 4 is 0 Å². The predicted molar refractivity (Wildman–Crippen MR) is 66.2 cm³/mol. The molecule has 1 fully saturated rings. The molecule has 1 saturated heterocycles. The average Bonchev–Trinajstić information content (AvgIpc) is 2.21. The van der Waals surface area contributed by atoms with Crippen LogP contribution in [0.4, 0.5) is 0 Å². The fourth-order valence-corrected chi connectivity index (χ4v) is 2.32. The molecule has 15 heavy (non-hydrogen) atoms. The van der Waals surface area contributed by atoms with Crippen molar-refractivity contribution in [3.05, 3.63) is 0 Å². The minimum Gasteiger partial charge on any atom is -0.316 e. The predicted octanol–water partition coefficient (Wildman–Crippen LogP) is 0.868. The van der Waals surface area contributed by atoms with E-state index >= 15 is 0 Å². The van der Waals surface area contributed by atoms with E-state index in [9.17, 15) is 0 Å². The Morgan fingerprint density at radius 1 is 1.40 bits per heavy atom. The number of likely N-dealkylation sites (tertiary alicyclic amines) is 1. The van der Waals surface area contributed by atoms with Gasteiger partial charge in [0.05, 0.1) is 0 Å².